The van der Waals surface area contributed by atoms with Crippen molar-refractivity contribution < 1.29 is 35.1 Å². The molecule has 0 rings (SSSR count). The number of rotatable bonds is 0. The summed E-state index contributed by atoms with van der Waals surface area (Å²) in [6.45, 7) is 5.00. The standard InChI is InChI=1S/C2H5.ClH.Tb/c1-2;;/h1H2,2H3;1H;/q;;+1/p-1. The first-order chi connectivity index (χ1) is 2.00. The van der Waals surface area contributed by atoms with Crippen LogP contribution in [0.3, 0.4) is 0 Å². The Bertz CT molecular complexity index is 6.00. The van der Waals surface area contributed by atoms with Gasteiger partial charge in [-0.2, -0.15) is 0 Å². The Morgan fingerprint density at radius 2 is 1.50 bits per heavy atom. The Labute approximate surface area is 54.5 Å². The van der Waals surface area contributed by atoms with E-state index in [-0.39, 0.29) is 0 Å². The average molecular weight is 223 g/mol. The van der Waals surface area contributed by atoms with E-state index in [0.29, 0.717) is 0 Å². The molecule has 0 aliphatic heterocycles. The van der Waals surface area contributed by atoms with Gasteiger partial charge in [-0.15, -0.1) is 0 Å². The first kappa shape index (κ1) is 9.13. The first-order valence-corrected chi connectivity index (χ1v) is 3.51. The zero-order chi connectivity index (χ0) is 4.00. The molecule has 0 bridgehead atoms. The Balaban J connectivity index is 0. The molecule has 0 aromatic rings. The zero-order valence-corrected chi connectivity index (χ0v) is 5.31. The summed E-state index contributed by atoms with van der Waals surface area (Å²) >= 11 is 1.47. The molecule has 29 valence electrons. The molecule has 1 radical (unpaired) electrons. The van der Waals surface area contributed by atoms with E-state index in [1.54, 1.807) is 6.92 Å². The van der Waals surface area contributed by atoms with Gasteiger partial charge < -0.3 is 0 Å². The molecule has 0 aliphatic rings. The summed E-state index contributed by atoms with van der Waals surface area (Å²) < 4.78 is 0. The molecule has 0 unspecified atom stereocenters. The molecule has 0 amide bonds. The Hall–Kier alpha value is 1.58. The van der Waals surface area contributed by atoms with Crippen LogP contribution < -0.4 is 0 Å². The third-order valence-corrected chi connectivity index (χ3v) is 0. The van der Waals surface area contributed by atoms with Crippen molar-refractivity contribution in [3.05, 3.63) is 6.92 Å². The van der Waals surface area contributed by atoms with Gasteiger partial charge in [0.15, 0.2) is 0 Å². The normalized spacial score (nSPS) is 3.25. The average Bonchev–Trinajstić information content (AvgIpc) is 1.50. The second-order valence-corrected chi connectivity index (χ2v) is 0. The van der Waals surface area contributed by atoms with Gasteiger partial charge in [0.1, 0.15) is 0 Å². The maximum absolute atomic E-state index is 4.64. The van der Waals surface area contributed by atoms with E-state index in [0.717, 1.165) is 0 Å². The molecule has 0 saturated heterocycles. The quantitative estimate of drug-likeness (QED) is 0.584. The molecule has 0 aromatic heterocycles. The predicted molar refractivity (Wildman–Crippen MR) is 16.9 cm³/mol. The van der Waals surface area contributed by atoms with E-state index in [9.17, 15) is 0 Å². The van der Waals surface area contributed by atoms with Crippen LogP contribution in [0, 0.1) is 42.0 Å². The Kier molecular flexibility index (Phi) is 53.8. The summed E-state index contributed by atoms with van der Waals surface area (Å²) in [5, 5.41) is 0. The number of hydrogen-bond donors (Lipinski definition) is 0. The van der Waals surface area contributed by atoms with Crippen LogP contribution in [0.15, 0.2) is 0 Å². The first-order valence-electron chi connectivity index (χ1n) is 0.833. The van der Waals surface area contributed by atoms with Crippen molar-refractivity contribution in [3.8, 4) is 0 Å². The van der Waals surface area contributed by atoms with Crippen LogP contribution in [0.1, 0.15) is 6.92 Å². The van der Waals surface area contributed by atoms with Gasteiger partial charge >= 0.3 is 41.3 Å². The summed E-state index contributed by atoms with van der Waals surface area (Å²) in [5.41, 5.74) is 0. The molecule has 4 heavy (non-hydrogen) atoms. The molecular formula is C2H5ClTb. The molecule has 2 heteroatoms. The van der Waals surface area contributed by atoms with Crippen molar-refractivity contribution in [2.24, 2.45) is 0 Å². The summed E-state index contributed by atoms with van der Waals surface area (Å²) in [5.74, 6) is 0. The number of hydrogen-bond acceptors (Lipinski definition) is 0. The second-order valence-electron chi connectivity index (χ2n) is 0. The minimum atomic E-state index is 1.47. The Morgan fingerprint density at radius 1 is 1.50 bits per heavy atom. The molecule has 0 spiro atoms. The molecule has 0 fully saturated rings. The van der Waals surface area contributed by atoms with Crippen molar-refractivity contribution in [2.75, 3.05) is 0 Å². The fraction of sp³-hybridized carbons (Fsp3) is 0.500. The van der Waals surface area contributed by atoms with Crippen LogP contribution in [0.4, 0.5) is 0 Å². The minimum absolute atomic E-state index is 1.47. The van der Waals surface area contributed by atoms with Crippen LogP contribution >= 0.6 is 6.22 Å². The van der Waals surface area contributed by atoms with Crippen molar-refractivity contribution in [1.82, 2.24) is 0 Å². The van der Waals surface area contributed by atoms with Gasteiger partial charge in [0, 0.05) is 0 Å². The molecule has 0 aromatic carbocycles. The third-order valence-electron chi connectivity index (χ3n) is 0. The summed E-state index contributed by atoms with van der Waals surface area (Å²) in [6, 6.07) is 0. The van der Waals surface area contributed by atoms with Gasteiger partial charge in [-0.05, 0) is 0 Å². The van der Waals surface area contributed by atoms with Crippen LogP contribution in [0.5, 0.6) is 0 Å². The van der Waals surface area contributed by atoms with Crippen LogP contribution in [0.2, 0.25) is 0 Å². The maximum atomic E-state index is 4.64. The van der Waals surface area contributed by atoms with Gasteiger partial charge in [0.2, 0.25) is 0 Å². The van der Waals surface area contributed by atoms with E-state index >= 15 is 0 Å². The number of halogens is 1. The summed E-state index contributed by atoms with van der Waals surface area (Å²) in [6.07, 6.45) is 4.64. The van der Waals surface area contributed by atoms with Crippen molar-refractivity contribution in [2.45, 2.75) is 6.92 Å². The molecule has 0 saturated carbocycles. The Morgan fingerprint density at radius 3 is 1.50 bits per heavy atom. The van der Waals surface area contributed by atoms with Gasteiger partial charge in [-0.3, -0.25) is 0 Å². The second kappa shape index (κ2) is 23.6. The van der Waals surface area contributed by atoms with E-state index in [1.807, 2.05) is 0 Å². The van der Waals surface area contributed by atoms with E-state index in [4.69, 9.17) is 0 Å². The fourth-order valence-corrected chi connectivity index (χ4v) is 0. The van der Waals surface area contributed by atoms with Gasteiger partial charge in [0.25, 0.3) is 0 Å². The van der Waals surface area contributed by atoms with Crippen LogP contribution in [0.25, 0.3) is 0 Å². The van der Waals surface area contributed by atoms with Crippen LogP contribution in [-0.2, 0) is 0 Å². The molecule has 0 nitrogen and oxygen atoms in total. The molecular weight excluding hydrogens is 218 g/mol. The van der Waals surface area contributed by atoms with E-state index in [2.05, 4.69) is 13.1 Å². The monoisotopic (exact) mass is 223 g/mol. The van der Waals surface area contributed by atoms with E-state index < -0.39 is 0 Å². The molecule has 0 atom stereocenters. The summed E-state index contributed by atoms with van der Waals surface area (Å²) in [4.78, 5) is 0. The van der Waals surface area contributed by atoms with Gasteiger partial charge in [-0.1, -0.05) is 13.8 Å². The third kappa shape index (κ3) is 9.55. The predicted octanol–water partition coefficient (Wildman–Crippen LogP) is 1.53. The summed E-state index contributed by atoms with van der Waals surface area (Å²) in [7, 11) is 0. The SMILES string of the molecule is [CH2]C.[Cl][Tb]. The van der Waals surface area contributed by atoms with Crippen LogP contribution in [-0.4, -0.2) is 0 Å². The van der Waals surface area contributed by atoms with Crippen molar-refractivity contribution in [3.63, 3.8) is 0 Å². The van der Waals surface area contributed by atoms with Crippen molar-refractivity contribution >= 4 is 6.22 Å². The molecule has 0 aliphatic carbocycles. The van der Waals surface area contributed by atoms with Gasteiger partial charge in [0.05, 0.1) is 0 Å². The molecule has 0 heterocycles. The van der Waals surface area contributed by atoms with Crippen molar-refractivity contribution in [1.29, 1.82) is 0 Å². The fourth-order valence-electron chi connectivity index (χ4n) is 0. The zero-order valence-electron chi connectivity index (χ0n) is 2.42. The van der Waals surface area contributed by atoms with E-state index in [1.165, 1.54) is 35.1 Å². The molecule has 0 N–H and O–H groups in total. The topological polar surface area (TPSA) is 0 Å². The van der Waals surface area contributed by atoms with Gasteiger partial charge in [-0.25, -0.2) is 0 Å².